The van der Waals surface area contributed by atoms with Crippen LogP contribution in [-0.4, -0.2) is 41.9 Å². The molecular weight excluding hydrogens is 356 g/mol. The van der Waals surface area contributed by atoms with Crippen molar-refractivity contribution in [1.82, 2.24) is 4.90 Å². The molecule has 3 rings (SSSR count). The zero-order valence-electron chi connectivity index (χ0n) is 16.9. The number of anilines is 1. The van der Waals surface area contributed by atoms with Crippen LogP contribution in [-0.2, 0) is 19.1 Å². The third kappa shape index (κ3) is 4.72. The fourth-order valence-electron chi connectivity index (χ4n) is 4.38. The maximum Gasteiger partial charge on any atom is 0.311 e. The minimum atomic E-state index is -0.483. The maximum absolute atomic E-state index is 12.5. The Hall–Kier alpha value is -2.37. The molecule has 1 saturated heterocycles. The number of likely N-dealkylation sites (tertiary alicyclic amines) is 1. The number of nitrogens with zero attached hydrogens (tertiary/aromatic N) is 1. The molecule has 6 nitrogen and oxygen atoms in total. The van der Waals surface area contributed by atoms with Gasteiger partial charge in [0.2, 0.25) is 5.91 Å². The van der Waals surface area contributed by atoms with Gasteiger partial charge in [-0.3, -0.25) is 14.4 Å². The molecule has 4 atom stereocenters. The first-order valence-corrected chi connectivity index (χ1v) is 10.2. The molecule has 0 spiro atoms. The number of hydrogen-bond donors (Lipinski definition) is 1. The molecule has 28 heavy (non-hydrogen) atoms. The third-order valence-electron chi connectivity index (χ3n) is 6.20. The fourth-order valence-corrected chi connectivity index (χ4v) is 4.38. The highest BCUT2D eigenvalue weighted by Gasteiger charge is 2.42. The summed E-state index contributed by atoms with van der Waals surface area (Å²) in [6, 6.07) is 7.63. The van der Waals surface area contributed by atoms with Gasteiger partial charge in [0.25, 0.3) is 5.91 Å². The van der Waals surface area contributed by atoms with Gasteiger partial charge >= 0.3 is 5.97 Å². The molecule has 0 bridgehead atoms. The number of benzene rings is 1. The molecule has 2 fully saturated rings. The summed E-state index contributed by atoms with van der Waals surface area (Å²) in [5.74, 6) is -0.280. The van der Waals surface area contributed by atoms with E-state index in [-0.39, 0.29) is 30.9 Å². The highest BCUT2D eigenvalue weighted by Crippen LogP contribution is 2.35. The van der Waals surface area contributed by atoms with Crippen molar-refractivity contribution >= 4 is 23.5 Å². The van der Waals surface area contributed by atoms with E-state index in [1.807, 2.05) is 30.0 Å². The van der Waals surface area contributed by atoms with Gasteiger partial charge in [0, 0.05) is 24.7 Å². The van der Waals surface area contributed by atoms with Crippen LogP contribution in [0.15, 0.2) is 24.3 Å². The Morgan fingerprint density at radius 1 is 1.25 bits per heavy atom. The Bertz CT molecular complexity index is 748. The van der Waals surface area contributed by atoms with Gasteiger partial charge in [-0.05, 0) is 42.9 Å². The highest BCUT2D eigenvalue weighted by molar-refractivity contribution is 5.93. The summed E-state index contributed by atoms with van der Waals surface area (Å²) in [5, 5.41) is 2.72. The molecule has 1 heterocycles. The summed E-state index contributed by atoms with van der Waals surface area (Å²) < 4.78 is 5.19. The molecule has 0 unspecified atom stereocenters. The monoisotopic (exact) mass is 386 g/mol. The lowest BCUT2D eigenvalue weighted by Crippen LogP contribution is -2.45. The van der Waals surface area contributed by atoms with E-state index in [1.165, 1.54) is 6.42 Å². The quantitative estimate of drug-likeness (QED) is 0.789. The number of aryl methyl sites for hydroxylation is 1. The Labute approximate surface area is 166 Å². The van der Waals surface area contributed by atoms with E-state index in [2.05, 4.69) is 19.2 Å². The van der Waals surface area contributed by atoms with Crippen molar-refractivity contribution in [2.75, 3.05) is 18.5 Å². The molecule has 1 saturated carbocycles. The average Bonchev–Trinajstić information content (AvgIpc) is 3.04. The second kappa shape index (κ2) is 8.76. The number of esters is 1. The first-order chi connectivity index (χ1) is 13.3. The number of rotatable bonds is 5. The van der Waals surface area contributed by atoms with Gasteiger partial charge in [0.05, 0.1) is 5.92 Å². The minimum Gasteiger partial charge on any atom is -0.455 e. The Balaban J connectivity index is 1.50. The molecule has 1 aliphatic carbocycles. The van der Waals surface area contributed by atoms with Gasteiger partial charge in [-0.25, -0.2) is 0 Å². The van der Waals surface area contributed by atoms with Crippen molar-refractivity contribution in [2.24, 2.45) is 17.8 Å². The van der Waals surface area contributed by atoms with Gasteiger partial charge < -0.3 is 15.0 Å². The molecule has 2 amide bonds. The van der Waals surface area contributed by atoms with Crippen LogP contribution in [0.25, 0.3) is 0 Å². The van der Waals surface area contributed by atoms with Gasteiger partial charge in [0.15, 0.2) is 6.61 Å². The number of carbonyl (C=O) groups is 3. The van der Waals surface area contributed by atoms with Crippen molar-refractivity contribution in [3.63, 3.8) is 0 Å². The SMILES string of the molecule is Cc1cccc(NC(=O)COC(=O)[C@@H]2CC(=O)N([C@H]3CCC[C@H](C)[C@@H]3C)C2)c1. The van der Waals surface area contributed by atoms with E-state index in [0.717, 1.165) is 18.4 Å². The first kappa shape index (κ1) is 20.4. The van der Waals surface area contributed by atoms with Gasteiger partial charge in [-0.1, -0.05) is 38.8 Å². The van der Waals surface area contributed by atoms with Crippen LogP contribution in [0.4, 0.5) is 5.69 Å². The molecular formula is C22H30N2O4. The minimum absolute atomic E-state index is 0.0251. The second-order valence-corrected chi connectivity index (χ2v) is 8.31. The van der Waals surface area contributed by atoms with E-state index in [1.54, 1.807) is 6.07 Å². The molecule has 6 heteroatoms. The normalized spacial score (nSPS) is 27.5. The molecule has 1 aromatic carbocycles. The second-order valence-electron chi connectivity index (χ2n) is 8.31. The number of carbonyl (C=O) groups excluding carboxylic acids is 3. The maximum atomic E-state index is 12.5. The number of nitrogens with one attached hydrogen (secondary N) is 1. The van der Waals surface area contributed by atoms with Crippen molar-refractivity contribution in [3.8, 4) is 0 Å². The zero-order valence-corrected chi connectivity index (χ0v) is 16.9. The largest absolute Gasteiger partial charge is 0.455 e. The Kier molecular flexibility index (Phi) is 6.37. The van der Waals surface area contributed by atoms with E-state index in [9.17, 15) is 14.4 Å². The van der Waals surface area contributed by atoms with Crippen molar-refractivity contribution in [1.29, 1.82) is 0 Å². The average molecular weight is 386 g/mol. The zero-order chi connectivity index (χ0) is 20.3. The van der Waals surface area contributed by atoms with Crippen molar-refractivity contribution < 1.29 is 19.1 Å². The first-order valence-electron chi connectivity index (χ1n) is 10.2. The van der Waals surface area contributed by atoms with E-state index in [0.29, 0.717) is 24.1 Å². The molecule has 0 radical (unpaired) electrons. The van der Waals surface area contributed by atoms with Crippen molar-refractivity contribution in [3.05, 3.63) is 29.8 Å². The number of ether oxygens (including phenoxy) is 1. The topological polar surface area (TPSA) is 75.7 Å². The lowest BCUT2D eigenvalue weighted by molar-refractivity contribution is -0.151. The lowest BCUT2D eigenvalue weighted by Gasteiger charge is -2.39. The molecule has 0 aromatic heterocycles. The summed E-state index contributed by atoms with van der Waals surface area (Å²) in [6.07, 6.45) is 3.49. The summed E-state index contributed by atoms with van der Waals surface area (Å²) in [6.45, 7) is 6.43. The van der Waals surface area contributed by atoms with Crippen LogP contribution in [0.5, 0.6) is 0 Å². The predicted molar refractivity (Wildman–Crippen MR) is 107 cm³/mol. The molecule has 1 aromatic rings. The smallest absolute Gasteiger partial charge is 0.311 e. The molecule has 152 valence electrons. The van der Waals surface area contributed by atoms with Crippen LogP contribution < -0.4 is 5.32 Å². The summed E-state index contributed by atoms with van der Waals surface area (Å²) in [7, 11) is 0. The van der Waals surface area contributed by atoms with E-state index >= 15 is 0 Å². The lowest BCUT2D eigenvalue weighted by atomic mass is 9.77. The summed E-state index contributed by atoms with van der Waals surface area (Å²) >= 11 is 0. The van der Waals surface area contributed by atoms with Crippen LogP contribution in [0.1, 0.15) is 45.1 Å². The van der Waals surface area contributed by atoms with Crippen LogP contribution in [0.2, 0.25) is 0 Å². The van der Waals surface area contributed by atoms with Crippen LogP contribution in [0.3, 0.4) is 0 Å². The Morgan fingerprint density at radius 2 is 2.04 bits per heavy atom. The van der Waals surface area contributed by atoms with Gasteiger partial charge in [0.1, 0.15) is 0 Å². The van der Waals surface area contributed by atoms with E-state index in [4.69, 9.17) is 4.74 Å². The van der Waals surface area contributed by atoms with Crippen molar-refractivity contribution in [2.45, 2.75) is 52.5 Å². The standard InChI is InChI=1S/C22H30N2O4/c1-14-6-4-8-18(10-14)23-20(25)13-28-22(27)17-11-21(26)24(12-17)19-9-5-7-15(2)16(19)3/h4,6,8,10,15-17,19H,5,7,9,11-13H2,1-3H3,(H,23,25)/t15-,16-,17+,19-/m0/s1. The molecule has 2 aliphatic rings. The van der Waals surface area contributed by atoms with Crippen LogP contribution in [0, 0.1) is 24.7 Å². The third-order valence-corrected chi connectivity index (χ3v) is 6.20. The predicted octanol–water partition coefficient (Wildman–Crippen LogP) is 3.15. The molecule has 1 N–H and O–H groups in total. The van der Waals surface area contributed by atoms with Gasteiger partial charge in [-0.2, -0.15) is 0 Å². The summed E-state index contributed by atoms with van der Waals surface area (Å²) in [5.41, 5.74) is 1.70. The number of amides is 2. The fraction of sp³-hybridized carbons (Fsp3) is 0.591. The van der Waals surface area contributed by atoms with Crippen LogP contribution >= 0.6 is 0 Å². The Morgan fingerprint density at radius 3 is 2.79 bits per heavy atom. The molecule has 1 aliphatic heterocycles. The van der Waals surface area contributed by atoms with E-state index < -0.39 is 11.9 Å². The number of hydrogen-bond acceptors (Lipinski definition) is 4. The van der Waals surface area contributed by atoms with Gasteiger partial charge in [-0.15, -0.1) is 0 Å². The summed E-state index contributed by atoms with van der Waals surface area (Å²) in [4.78, 5) is 38.8. The highest BCUT2D eigenvalue weighted by atomic mass is 16.5.